The number of fused-ring (bicyclic) bond motifs is 1. The van der Waals surface area contributed by atoms with Crippen LogP contribution in [-0.2, 0) is 13.5 Å². The lowest BCUT2D eigenvalue weighted by Crippen LogP contribution is -2.08. The number of imidazole rings is 1. The summed E-state index contributed by atoms with van der Waals surface area (Å²) in [7, 11) is 1.93. The van der Waals surface area contributed by atoms with E-state index in [0.717, 1.165) is 16.9 Å². The summed E-state index contributed by atoms with van der Waals surface area (Å²) in [4.78, 5) is 19.7. The molecule has 0 atom stereocenters. The average Bonchev–Trinajstić information content (AvgIpc) is 2.76. The summed E-state index contributed by atoms with van der Waals surface area (Å²) in [6.45, 7) is 0. The van der Waals surface area contributed by atoms with E-state index in [1.807, 2.05) is 35.9 Å². The van der Waals surface area contributed by atoms with Crippen molar-refractivity contribution in [3.8, 4) is 0 Å². The van der Waals surface area contributed by atoms with Crippen LogP contribution in [0.25, 0.3) is 11.0 Å². The first-order valence-corrected chi connectivity index (χ1v) is 6.24. The molecule has 0 aliphatic rings. The number of aromatic nitrogens is 3. The molecule has 0 bridgehead atoms. The number of pyridine rings is 1. The van der Waals surface area contributed by atoms with Crippen molar-refractivity contribution < 1.29 is 9.90 Å². The fourth-order valence-electron chi connectivity index (χ4n) is 2.30. The highest BCUT2D eigenvalue weighted by Gasteiger charge is 2.14. The van der Waals surface area contributed by atoms with Gasteiger partial charge in [0.2, 0.25) is 0 Å². The van der Waals surface area contributed by atoms with Crippen molar-refractivity contribution in [3.05, 3.63) is 59.7 Å². The minimum absolute atomic E-state index is 0.0829. The third-order valence-electron chi connectivity index (χ3n) is 3.32. The molecule has 100 valence electrons. The highest BCUT2D eigenvalue weighted by atomic mass is 16.4. The van der Waals surface area contributed by atoms with E-state index in [2.05, 4.69) is 9.97 Å². The van der Waals surface area contributed by atoms with Crippen molar-refractivity contribution in [1.82, 2.24) is 14.5 Å². The molecule has 1 N–H and O–H groups in total. The first kappa shape index (κ1) is 12.3. The zero-order valence-electron chi connectivity index (χ0n) is 10.9. The Morgan fingerprint density at radius 3 is 2.80 bits per heavy atom. The van der Waals surface area contributed by atoms with Crippen molar-refractivity contribution in [2.24, 2.45) is 7.05 Å². The number of aryl methyl sites for hydroxylation is 1. The Kier molecular flexibility index (Phi) is 2.95. The van der Waals surface area contributed by atoms with Crippen molar-refractivity contribution in [2.45, 2.75) is 6.42 Å². The largest absolute Gasteiger partial charge is 0.477 e. The number of hydrogen-bond acceptors (Lipinski definition) is 3. The molecule has 3 rings (SSSR count). The van der Waals surface area contributed by atoms with E-state index in [-0.39, 0.29) is 5.69 Å². The molecule has 0 aliphatic heterocycles. The second kappa shape index (κ2) is 4.77. The van der Waals surface area contributed by atoms with Crippen LogP contribution in [-0.4, -0.2) is 25.6 Å². The number of benzene rings is 1. The van der Waals surface area contributed by atoms with Gasteiger partial charge in [-0.1, -0.05) is 18.2 Å². The summed E-state index contributed by atoms with van der Waals surface area (Å²) < 4.78 is 1.98. The SMILES string of the molecule is Cn1c(Cc2cccnc2C(=O)O)nc2ccccc21. The fraction of sp³-hybridized carbons (Fsp3) is 0.133. The lowest BCUT2D eigenvalue weighted by molar-refractivity contribution is 0.0689. The first-order chi connectivity index (χ1) is 9.66. The van der Waals surface area contributed by atoms with E-state index in [1.54, 1.807) is 12.1 Å². The maximum Gasteiger partial charge on any atom is 0.354 e. The van der Waals surface area contributed by atoms with Crippen LogP contribution < -0.4 is 0 Å². The van der Waals surface area contributed by atoms with Gasteiger partial charge in [0.15, 0.2) is 5.69 Å². The van der Waals surface area contributed by atoms with Crippen LogP contribution in [0.2, 0.25) is 0 Å². The van der Waals surface area contributed by atoms with Crippen LogP contribution in [0.5, 0.6) is 0 Å². The summed E-state index contributed by atoms with van der Waals surface area (Å²) in [5.41, 5.74) is 2.69. The van der Waals surface area contributed by atoms with Gasteiger partial charge in [0.1, 0.15) is 5.82 Å². The maximum absolute atomic E-state index is 11.2. The molecule has 0 amide bonds. The van der Waals surface area contributed by atoms with E-state index < -0.39 is 5.97 Å². The molecule has 20 heavy (non-hydrogen) atoms. The van der Waals surface area contributed by atoms with Gasteiger partial charge in [-0.3, -0.25) is 0 Å². The number of carbonyl (C=O) groups is 1. The molecule has 0 saturated heterocycles. The summed E-state index contributed by atoms with van der Waals surface area (Å²) in [6, 6.07) is 11.3. The zero-order valence-corrected chi connectivity index (χ0v) is 10.9. The number of nitrogens with zero attached hydrogens (tertiary/aromatic N) is 3. The molecule has 0 unspecified atom stereocenters. The molecule has 0 saturated carbocycles. The fourth-order valence-corrected chi connectivity index (χ4v) is 2.30. The van der Waals surface area contributed by atoms with E-state index in [1.165, 1.54) is 6.20 Å². The topological polar surface area (TPSA) is 68.0 Å². The maximum atomic E-state index is 11.2. The van der Waals surface area contributed by atoms with Crippen LogP contribution >= 0.6 is 0 Å². The van der Waals surface area contributed by atoms with Gasteiger partial charge in [-0.05, 0) is 23.8 Å². The number of carboxylic acid groups (broad SMARTS) is 1. The molecule has 0 spiro atoms. The van der Waals surface area contributed by atoms with Gasteiger partial charge < -0.3 is 9.67 Å². The van der Waals surface area contributed by atoms with Crippen molar-refractivity contribution in [2.75, 3.05) is 0 Å². The molecular formula is C15H13N3O2. The predicted octanol–water partition coefficient (Wildman–Crippen LogP) is 2.26. The number of carboxylic acids is 1. The van der Waals surface area contributed by atoms with E-state index >= 15 is 0 Å². The Morgan fingerprint density at radius 1 is 1.25 bits per heavy atom. The second-order valence-corrected chi connectivity index (χ2v) is 4.57. The summed E-state index contributed by atoms with van der Waals surface area (Å²) in [6.07, 6.45) is 1.93. The standard InChI is InChI=1S/C15H13N3O2/c1-18-12-7-3-2-6-11(12)17-13(18)9-10-5-4-8-16-14(10)15(19)20/h2-8H,9H2,1H3,(H,19,20). The molecule has 1 aromatic carbocycles. The van der Waals surface area contributed by atoms with Crippen LogP contribution in [0.1, 0.15) is 21.9 Å². The van der Waals surface area contributed by atoms with Gasteiger partial charge >= 0.3 is 5.97 Å². The van der Waals surface area contributed by atoms with Crippen LogP contribution in [0.4, 0.5) is 0 Å². The Labute approximate surface area is 115 Å². The highest BCUT2D eigenvalue weighted by Crippen LogP contribution is 2.18. The van der Waals surface area contributed by atoms with Crippen molar-refractivity contribution in [1.29, 1.82) is 0 Å². The minimum atomic E-state index is -1.01. The van der Waals surface area contributed by atoms with Gasteiger partial charge in [0.05, 0.1) is 11.0 Å². The molecule has 0 aliphatic carbocycles. The lowest BCUT2D eigenvalue weighted by atomic mass is 10.1. The normalized spacial score (nSPS) is 10.8. The summed E-state index contributed by atoms with van der Waals surface area (Å²) in [5, 5.41) is 9.16. The molecular weight excluding hydrogens is 254 g/mol. The first-order valence-electron chi connectivity index (χ1n) is 6.24. The van der Waals surface area contributed by atoms with Crippen LogP contribution in [0.15, 0.2) is 42.6 Å². The Morgan fingerprint density at radius 2 is 2.05 bits per heavy atom. The smallest absolute Gasteiger partial charge is 0.354 e. The molecule has 0 fully saturated rings. The Bertz CT molecular complexity index is 793. The third-order valence-corrected chi connectivity index (χ3v) is 3.32. The number of aromatic carboxylic acids is 1. The number of para-hydroxylation sites is 2. The number of rotatable bonds is 3. The molecule has 5 heteroatoms. The van der Waals surface area contributed by atoms with E-state index in [4.69, 9.17) is 5.11 Å². The van der Waals surface area contributed by atoms with E-state index in [9.17, 15) is 4.79 Å². The zero-order chi connectivity index (χ0) is 14.1. The molecule has 2 aromatic heterocycles. The lowest BCUT2D eigenvalue weighted by Gasteiger charge is -2.05. The highest BCUT2D eigenvalue weighted by molar-refractivity contribution is 5.87. The molecule has 2 heterocycles. The van der Waals surface area contributed by atoms with Gasteiger partial charge in [0.25, 0.3) is 0 Å². The number of hydrogen-bond donors (Lipinski definition) is 1. The van der Waals surface area contributed by atoms with Crippen molar-refractivity contribution >= 4 is 17.0 Å². The van der Waals surface area contributed by atoms with Gasteiger partial charge in [-0.25, -0.2) is 14.8 Å². The van der Waals surface area contributed by atoms with Gasteiger partial charge in [-0.15, -0.1) is 0 Å². The molecule has 3 aromatic rings. The third kappa shape index (κ3) is 2.03. The Balaban J connectivity index is 2.06. The van der Waals surface area contributed by atoms with Gasteiger partial charge in [-0.2, -0.15) is 0 Å². The molecule has 0 radical (unpaired) electrons. The monoisotopic (exact) mass is 267 g/mol. The van der Waals surface area contributed by atoms with Crippen molar-refractivity contribution in [3.63, 3.8) is 0 Å². The van der Waals surface area contributed by atoms with Crippen LogP contribution in [0.3, 0.4) is 0 Å². The predicted molar refractivity (Wildman–Crippen MR) is 74.7 cm³/mol. The second-order valence-electron chi connectivity index (χ2n) is 4.57. The Hall–Kier alpha value is -2.69. The average molecular weight is 267 g/mol. The quantitative estimate of drug-likeness (QED) is 0.790. The van der Waals surface area contributed by atoms with Gasteiger partial charge in [0, 0.05) is 19.7 Å². The van der Waals surface area contributed by atoms with E-state index in [0.29, 0.717) is 12.0 Å². The summed E-state index contributed by atoms with van der Waals surface area (Å²) in [5.74, 6) is -0.193. The van der Waals surface area contributed by atoms with Crippen LogP contribution in [0, 0.1) is 0 Å². The minimum Gasteiger partial charge on any atom is -0.477 e. The summed E-state index contributed by atoms with van der Waals surface area (Å²) >= 11 is 0. The molecule has 5 nitrogen and oxygen atoms in total.